The van der Waals surface area contributed by atoms with Gasteiger partial charge in [0.2, 0.25) is 0 Å². The van der Waals surface area contributed by atoms with Crippen molar-refractivity contribution in [2.24, 2.45) is 0 Å². The molecule has 0 aromatic heterocycles. The second-order valence-corrected chi connectivity index (χ2v) is 11.1. The molecule has 1 aliphatic heterocycles. The molecule has 0 saturated heterocycles. The summed E-state index contributed by atoms with van der Waals surface area (Å²) in [5.74, 6) is 1.52. The molecule has 3 aromatic rings. The number of aliphatic hydroxyl groups is 1. The van der Waals surface area contributed by atoms with E-state index in [0.717, 1.165) is 29.7 Å². The minimum absolute atomic E-state index is 0.106. The zero-order valence-corrected chi connectivity index (χ0v) is 24.7. The minimum Gasteiger partial charge on any atom is -0.494 e. The van der Waals surface area contributed by atoms with Gasteiger partial charge in [-0.3, -0.25) is 9.59 Å². The highest BCUT2D eigenvalue weighted by atomic mass is 16.5. The van der Waals surface area contributed by atoms with E-state index >= 15 is 0 Å². The lowest BCUT2D eigenvalue weighted by Gasteiger charge is -2.25. The minimum atomic E-state index is -0.876. The summed E-state index contributed by atoms with van der Waals surface area (Å²) in [4.78, 5) is 25.1. The Bertz CT molecular complexity index is 1340. The highest BCUT2D eigenvalue weighted by Crippen LogP contribution is 2.25. The van der Waals surface area contributed by atoms with Gasteiger partial charge in [0.15, 0.2) is 5.78 Å². The smallest absolute Gasteiger partial charge is 0.251 e. The number of fused-ring (bicyclic) bond motifs is 4. The van der Waals surface area contributed by atoms with Crippen LogP contribution >= 0.6 is 0 Å². The largest absolute Gasteiger partial charge is 0.494 e. The van der Waals surface area contributed by atoms with E-state index < -0.39 is 12.1 Å². The van der Waals surface area contributed by atoms with Crippen LogP contribution in [0.3, 0.4) is 0 Å². The summed E-state index contributed by atoms with van der Waals surface area (Å²) in [6, 6.07) is 20.5. The van der Waals surface area contributed by atoms with E-state index in [1.54, 1.807) is 18.2 Å². The molecule has 0 saturated carbocycles. The number of carbonyl (C=O) groups excluding carboxylic acids is 2. The van der Waals surface area contributed by atoms with Crippen LogP contribution in [0.2, 0.25) is 0 Å². The van der Waals surface area contributed by atoms with Gasteiger partial charge in [-0.15, -0.1) is 0 Å². The van der Waals surface area contributed by atoms with Crippen LogP contribution in [0, 0.1) is 0 Å². The van der Waals surface area contributed by atoms with Crippen molar-refractivity contribution in [3.63, 3.8) is 0 Å². The summed E-state index contributed by atoms with van der Waals surface area (Å²) < 4.78 is 17.5. The lowest BCUT2D eigenvalue weighted by Crippen LogP contribution is -2.48. The van der Waals surface area contributed by atoms with Crippen molar-refractivity contribution < 1.29 is 28.9 Å². The van der Waals surface area contributed by atoms with E-state index in [1.807, 2.05) is 30.3 Å². The van der Waals surface area contributed by atoms with Crippen molar-refractivity contribution in [2.75, 3.05) is 26.4 Å². The first kappa shape index (κ1) is 31.1. The quantitative estimate of drug-likeness (QED) is 0.337. The Morgan fingerprint density at radius 2 is 1.79 bits per heavy atom. The highest BCUT2D eigenvalue weighted by Gasteiger charge is 2.24. The lowest BCUT2D eigenvalue weighted by atomic mass is 9.99. The Morgan fingerprint density at radius 1 is 1.02 bits per heavy atom. The first-order valence-electron chi connectivity index (χ1n) is 14.7. The summed E-state index contributed by atoms with van der Waals surface area (Å²) in [6.45, 7) is 7.52. The van der Waals surface area contributed by atoms with Gasteiger partial charge in [-0.05, 0) is 73.1 Å². The molecule has 8 nitrogen and oxygen atoms in total. The standard InChI is InChI=1S/C34H42N2O6/c1-23(2)27-10-6-9-26(14-27)20-35-21-33(38)32-16-25-8-7-11-29(15-25)40-12-4-5-13-41-30-17-28(34(39)36-32)18-31(19-30)42-22-24(3)37/h6-11,14-15,17-19,23,32-33,35,38H,4-5,12-13,16,20-22H2,1-3H3,(H,36,39)/t32-,33+/m0/s1. The molecule has 3 N–H and O–H groups in total. The van der Waals surface area contributed by atoms with Crippen LogP contribution in [0.25, 0.3) is 0 Å². The van der Waals surface area contributed by atoms with Crippen molar-refractivity contribution in [1.82, 2.24) is 10.6 Å². The van der Waals surface area contributed by atoms with Crippen LogP contribution in [-0.2, 0) is 17.8 Å². The van der Waals surface area contributed by atoms with E-state index in [0.29, 0.717) is 49.2 Å². The number of carbonyl (C=O) groups is 2. The summed E-state index contributed by atoms with van der Waals surface area (Å²) >= 11 is 0. The second kappa shape index (κ2) is 15.4. The zero-order chi connectivity index (χ0) is 29.9. The first-order chi connectivity index (χ1) is 20.3. The number of Topliss-reactive ketones (excluding diaryl/α,β-unsaturated/α-hetero) is 1. The van der Waals surface area contributed by atoms with Crippen molar-refractivity contribution in [2.45, 2.75) is 64.6 Å². The molecule has 4 bridgehead atoms. The van der Waals surface area contributed by atoms with Crippen LogP contribution in [0.5, 0.6) is 17.2 Å². The van der Waals surface area contributed by atoms with E-state index in [2.05, 4.69) is 42.7 Å². The van der Waals surface area contributed by atoms with Gasteiger partial charge in [0.05, 0.1) is 25.4 Å². The normalized spacial score (nSPS) is 16.6. The molecule has 1 aliphatic rings. The zero-order valence-electron chi connectivity index (χ0n) is 24.7. The fraction of sp³-hybridized carbons (Fsp3) is 0.412. The molecule has 0 unspecified atom stereocenters. The molecule has 0 spiro atoms. The molecule has 4 rings (SSSR count). The summed E-state index contributed by atoms with van der Waals surface area (Å²) in [5, 5.41) is 17.7. The average Bonchev–Trinajstić information content (AvgIpc) is 2.97. The monoisotopic (exact) mass is 574 g/mol. The maximum Gasteiger partial charge on any atom is 0.251 e. The van der Waals surface area contributed by atoms with Crippen molar-refractivity contribution >= 4 is 11.7 Å². The molecule has 8 heteroatoms. The van der Waals surface area contributed by atoms with E-state index in [9.17, 15) is 14.7 Å². The lowest BCUT2D eigenvalue weighted by molar-refractivity contribution is -0.118. The van der Waals surface area contributed by atoms with Gasteiger partial charge in [-0.1, -0.05) is 50.2 Å². The predicted molar refractivity (Wildman–Crippen MR) is 162 cm³/mol. The molecule has 0 fully saturated rings. The number of hydrogen-bond donors (Lipinski definition) is 3. The van der Waals surface area contributed by atoms with Crippen LogP contribution in [-0.4, -0.2) is 55.3 Å². The molecule has 2 atom stereocenters. The summed E-state index contributed by atoms with van der Waals surface area (Å²) in [5.41, 5.74) is 3.66. The molecule has 0 aliphatic carbocycles. The van der Waals surface area contributed by atoms with Gasteiger partial charge in [0, 0.05) is 24.7 Å². The number of amides is 1. The number of ether oxygens (including phenoxy) is 3. The number of rotatable bonds is 9. The third-order valence-corrected chi connectivity index (χ3v) is 7.10. The fourth-order valence-corrected chi connectivity index (χ4v) is 4.76. The third kappa shape index (κ3) is 9.60. The van der Waals surface area contributed by atoms with Crippen molar-refractivity contribution in [3.8, 4) is 17.2 Å². The maximum absolute atomic E-state index is 13.6. The molecule has 0 radical (unpaired) electrons. The van der Waals surface area contributed by atoms with E-state index in [4.69, 9.17) is 14.2 Å². The number of benzene rings is 3. The van der Waals surface area contributed by atoms with Gasteiger partial charge in [-0.25, -0.2) is 0 Å². The molecule has 224 valence electrons. The third-order valence-electron chi connectivity index (χ3n) is 7.10. The van der Waals surface area contributed by atoms with E-state index in [1.165, 1.54) is 12.5 Å². The van der Waals surface area contributed by atoms with Gasteiger partial charge in [-0.2, -0.15) is 0 Å². The van der Waals surface area contributed by atoms with Gasteiger partial charge in [0.1, 0.15) is 23.9 Å². The molecule has 42 heavy (non-hydrogen) atoms. The average molecular weight is 575 g/mol. The molecular weight excluding hydrogens is 532 g/mol. The summed E-state index contributed by atoms with van der Waals surface area (Å²) in [6.07, 6.45) is 1.09. The number of hydrogen-bond acceptors (Lipinski definition) is 7. The number of aliphatic hydroxyl groups excluding tert-OH is 1. The maximum atomic E-state index is 13.6. The number of ketones is 1. The molecule has 1 heterocycles. The second-order valence-electron chi connectivity index (χ2n) is 11.1. The Labute approximate surface area is 248 Å². The van der Waals surface area contributed by atoms with Crippen LogP contribution in [0.15, 0.2) is 66.7 Å². The highest BCUT2D eigenvalue weighted by molar-refractivity contribution is 5.95. The Kier molecular flexibility index (Phi) is 11.4. The Balaban J connectivity index is 1.54. The molecule has 1 amide bonds. The Morgan fingerprint density at radius 3 is 2.55 bits per heavy atom. The van der Waals surface area contributed by atoms with Gasteiger partial charge in [0.25, 0.3) is 5.91 Å². The van der Waals surface area contributed by atoms with Gasteiger partial charge < -0.3 is 30.0 Å². The SMILES string of the molecule is CC(=O)COc1cc2cc(c1)C(=O)N[C@H]([C@H](O)CNCc1cccc(C(C)C)c1)Cc1cccc(c1)OCCCCO2. The number of nitrogens with one attached hydrogen (secondary N) is 2. The van der Waals surface area contributed by atoms with Crippen LogP contribution in [0.4, 0.5) is 0 Å². The van der Waals surface area contributed by atoms with E-state index in [-0.39, 0.29) is 24.8 Å². The van der Waals surface area contributed by atoms with Crippen molar-refractivity contribution in [1.29, 1.82) is 0 Å². The summed E-state index contributed by atoms with van der Waals surface area (Å²) in [7, 11) is 0. The Hall–Kier alpha value is -3.88. The first-order valence-corrected chi connectivity index (χ1v) is 14.7. The van der Waals surface area contributed by atoms with Crippen LogP contribution in [0.1, 0.15) is 66.6 Å². The van der Waals surface area contributed by atoms with Crippen molar-refractivity contribution in [3.05, 3.63) is 89.0 Å². The van der Waals surface area contributed by atoms with Gasteiger partial charge >= 0.3 is 0 Å². The topological polar surface area (TPSA) is 106 Å². The molecule has 3 aromatic carbocycles. The molecular formula is C34H42N2O6. The predicted octanol–water partition coefficient (Wildman–Crippen LogP) is 4.82. The van der Waals surface area contributed by atoms with Crippen LogP contribution < -0.4 is 24.8 Å². The fourth-order valence-electron chi connectivity index (χ4n) is 4.76.